The minimum Gasteiger partial charge on any atom is -0.477 e. The largest absolute Gasteiger partial charge is 0.477 e. The Bertz CT molecular complexity index is 988. The smallest absolute Gasteiger partial charge is 0.342 e. The second-order valence-electron chi connectivity index (χ2n) is 4.83. The van der Waals surface area contributed by atoms with Crippen LogP contribution in [0.15, 0.2) is 51.8 Å². The van der Waals surface area contributed by atoms with E-state index in [-0.39, 0.29) is 5.82 Å². The molecule has 3 aromatic rings. The highest BCUT2D eigenvalue weighted by molar-refractivity contribution is 6.33. The number of halogens is 1. The first-order valence-corrected chi connectivity index (χ1v) is 7.28. The molecule has 3 rings (SSSR count). The highest BCUT2D eigenvalue weighted by Crippen LogP contribution is 2.29. The molecule has 0 saturated carbocycles. The van der Waals surface area contributed by atoms with Crippen LogP contribution in [0.25, 0.3) is 23.5 Å². The predicted octanol–water partition coefficient (Wildman–Crippen LogP) is 3.55. The van der Waals surface area contributed by atoms with E-state index in [1.54, 1.807) is 24.3 Å². The Hall–Kier alpha value is -3.12. The number of nitrogens with zero attached hydrogens (tertiary/aromatic N) is 1. The Morgan fingerprint density at radius 3 is 2.71 bits per heavy atom. The second kappa shape index (κ2) is 6.55. The van der Waals surface area contributed by atoms with Crippen molar-refractivity contribution in [3.63, 3.8) is 0 Å². The van der Waals surface area contributed by atoms with Crippen molar-refractivity contribution in [2.45, 2.75) is 0 Å². The fraction of sp³-hybridized carbons (Fsp3) is 0. The molecule has 0 spiro atoms. The number of rotatable bonds is 4. The lowest BCUT2D eigenvalue weighted by Crippen LogP contribution is -2.18. The van der Waals surface area contributed by atoms with Gasteiger partial charge in [0, 0.05) is 11.8 Å². The molecule has 6 nitrogen and oxygen atoms in total. The fourth-order valence-electron chi connectivity index (χ4n) is 2.05. The van der Waals surface area contributed by atoms with Crippen LogP contribution >= 0.6 is 11.6 Å². The first-order valence-electron chi connectivity index (χ1n) is 6.90. The molecule has 0 aliphatic rings. The lowest BCUT2D eigenvalue weighted by molar-refractivity contribution is 0.0694. The van der Waals surface area contributed by atoms with Gasteiger partial charge in [-0.05, 0) is 36.4 Å². The normalized spacial score (nSPS) is 11.0. The standard InChI is InChI=1S/C17H11ClN2O4/c18-13-4-2-1-3-11(13)14-7-5-10(24-14)6-8-15-19-9-12(17(22)23)16(21)20-15/h1-9H,(H,22,23)(H,19,20,21)/b8-6+. The highest BCUT2D eigenvalue weighted by Gasteiger charge is 2.09. The van der Waals surface area contributed by atoms with Crippen LogP contribution in [0.1, 0.15) is 21.9 Å². The molecule has 2 N–H and O–H groups in total. The van der Waals surface area contributed by atoms with E-state index in [0.717, 1.165) is 11.8 Å². The highest BCUT2D eigenvalue weighted by atomic mass is 35.5. The maximum absolute atomic E-state index is 11.6. The van der Waals surface area contributed by atoms with Crippen molar-refractivity contribution < 1.29 is 14.3 Å². The summed E-state index contributed by atoms with van der Waals surface area (Å²) in [6, 6.07) is 10.8. The van der Waals surface area contributed by atoms with Gasteiger partial charge in [-0.2, -0.15) is 0 Å². The molecule has 0 unspecified atom stereocenters. The molecule has 0 aliphatic carbocycles. The van der Waals surface area contributed by atoms with Gasteiger partial charge >= 0.3 is 5.97 Å². The summed E-state index contributed by atoms with van der Waals surface area (Å²) in [4.78, 5) is 28.6. The Morgan fingerprint density at radius 1 is 1.21 bits per heavy atom. The average Bonchev–Trinajstić information content (AvgIpc) is 3.02. The SMILES string of the molecule is O=C(O)c1cnc(/C=C/c2ccc(-c3ccccc3Cl)o2)[nH]c1=O. The van der Waals surface area contributed by atoms with Crippen molar-refractivity contribution in [1.29, 1.82) is 0 Å². The molecule has 0 aliphatic heterocycles. The summed E-state index contributed by atoms with van der Waals surface area (Å²) in [7, 11) is 0. The zero-order chi connectivity index (χ0) is 17.1. The Balaban J connectivity index is 1.84. The first-order chi connectivity index (χ1) is 11.5. The van der Waals surface area contributed by atoms with Crippen LogP contribution in [-0.2, 0) is 0 Å². The third-order valence-electron chi connectivity index (χ3n) is 3.22. The van der Waals surface area contributed by atoms with Gasteiger partial charge < -0.3 is 14.5 Å². The molecule has 0 bridgehead atoms. The molecule has 0 radical (unpaired) electrons. The van der Waals surface area contributed by atoms with Crippen LogP contribution in [0.2, 0.25) is 5.02 Å². The summed E-state index contributed by atoms with van der Waals surface area (Å²) in [5.74, 6) is 0.0493. The maximum Gasteiger partial charge on any atom is 0.342 e. The van der Waals surface area contributed by atoms with E-state index < -0.39 is 17.1 Å². The van der Waals surface area contributed by atoms with Gasteiger partial charge in [0.25, 0.3) is 5.56 Å². The van der Waals surface area contributed by atoms with E-state index in [1.807, 2.05) is 18.2 Å². The third kappa shape index (κ3) is 3.28. The minimum absolute atomic E-state index is 0.223. The van der Waals surface area contributed by atoms with E-state index in [9.17, 15) is 9.59 Å². The molecular formula is C17H11ClN2O4. The lowest BCUT2D eigenvalue weighted by Gasteiger charge is -1.99. The number of carbonyl (C=O) groups is 1. The number of benzene rings is 1. The van der Waals surface area contributed by atoms with Gasteiger partial charge in [0.2, 0.25) is 0 Å². The number of carboxylic acids is 1. The molecule has 7 heteroatoms. The zero-order valence-electron chi connectivity index (χ0n) is 12.2. The van der Waals surface area contributed by atoms with Crippen molar-refractivity contribution in [3.8, 4) is 11.3 Å². The molecule has 1 aromatic carbocycles. The molecule has 120 valence electrons. The summed E-state index contributed by atoms with van der Waals surface area (Å²) in [6.07, 6.45) is 4.14. The van der Waals surface area contributed by atoms with Gasteiger partial charge in [-0.15, -0.1) is 0 Å². The Labute approximate surface area is 141 Å². The summed E-state index contributed by atoms with van der Waals surface area (Å²) < 4.78 is 5.68. The third-order valence-corrected chi connectivity index (χ3v) is 3.55. The van der Waals surface area contributed by atoms with Crippen LogP contribution < -0.4 is 5.56 Å². The minimum atomic E-state index is -1.32. The van der Waals surface area contributed by atoms with E-state index in [2.05, 4.69) is 9.97 Å². The predicted molar refractivity (Wildman–Crippen MR) is 89.9 cm³/mol. The van der Waals surface area contributed by atoms with Gasteiger partial charge in [0.05, 0.1) is 5.02 Å². The van der Waals surface area contributed by atoms with Gasteiger partial charge in [-0.3, -0.25) is 4.79 Å². The lowest BCUT2D eigenvalue weighted by atomic mass is 10.2. The van der Waals surface area contributed by atoms with Crippen molar-refractivity contribution in [2.24, 2.45) is 0 Å². The molecule has 0 atom stereocenters. The van der Waals surface area contributed by atoms with E-state index in [4.69, 9.17) is 21.1 Å². The zero-order valence-corrected chi connectivity index (χ0v) is 12.9. The number of hydrogen-bond acceptors (Lipinski definition) is 4. The van der Waals surface area contributed by atoms with E-state index in [1.165, 1.54) is 6.08 Å². The van der Waals surface area contributed by atoms with Crippen molar-refractivity contribution >= 4 is 29.7 Å². The molecule has 0 amide bonds. The van der Waals surface area contributed by atoms with E-state index in [0.29, 0.717) is 16.5 Å². The summed E-state index contributed by atoms with van der Waals surface area (Å²) in [5, 5.41) is 9.38. The number of carboxylic acid groups (broad SMARTS) is 1. The van der Waals surface area contributed by atoms with Crippen LogP contribution in [-0.4, -0.2) is 21.0 Å². The molecule has 0 saturated heterocycles. The van der Waals surface area contributed by atoms with Gasteiger partial charge in [-0.1, -0.05) is 23.7 Å². The number of nitrogens with one attached hydrogen (secondary N) is 1. The molecule has 2 aromatic heterocycles. The number of aromatic nitrogens is 2. The fourth-order valence-corrected chi connectivity index (χ4v) is 2.28. The van der Waals surface area contributed by atoms with Crippen LogP contribution in [0.5, 0.6) is 0 Å². The summed E-state index contributed by atoms with van der Waals surface area (Å²) >= 11 is 6.12. The van der Waals surface area contributed by atoms with Crippen molar-refractivity contribution in [2.75, 3.05) is 0 Å². The molecule has 24 heavy (non-hydrogen) atoms. The van der Waals surface area contributed by atoms with Crippen LogP contribution in [0.3, 0.4) is 0 Å². The topological polar surface area (TPSA) is 96.2 Å². The molecular weight excluding hydrogens is 332 g/mol. The average molecular weight is 343 g/mol. The van der Waals surface area contributed by atoms with Crippen molar-refractivity contribution in [3.05, 3.63) is 75.1 Å². The number of aromatic amines is 1. The number of H-pyrrole nitrogens is 1. The summed E-state index contributed by atoms with van der Waals surface area (Å²) in [6.45, 7) is 0. The van der Waals surface area contributed by atoms with Gasteiger partial charge in [0.15, 0.2) is 0 Å². The first kappa shape index (κ1) is 15.8. The number of aromatic carboxylic acids is 1. The maximum atomic E-state index is 11.6. The van der Waals surface area contributed by atoms with Gasteiger partial charge in [-0.25, -0.2) is 9.78 Å². The Morgan fingerprint density at radius 2 is 2.00 bits per heavy atom. The summed E-state index contributed by atoms with van der Waals surface area (Å²) in [5.41, 5.74) is -0.351. The number of furan rings is 1. The van der Waals surface area contributed by atoms with Gasteiger partial charge in [0.1, 0.15) is 22.9 Å². The number of hydrogen-bond donors (Lipinski definition) is 2. The Kier molecular flexibility index (Phi) is 4.31. The second-order valence-corrected chi connectivity index (χ2v) is 5.24. The van der Waals surface area contributed by atoms with Crippen LogP contribution in [0, 0.1) is 0 Å². The van der Waals surface area contributed by atoms with Crippen molar-refractivity contribution in [1.82, 2.24) is 9.97 Å². The monoisotopic (exact) mass is 342 g/mol. The molecule has 2 heterocycles. The quantitative estimate of drug-likeness (QED) is 0.755. The van der Waals surface area contributed by atoms with E-state index >= 15 is 0 Å². The van der Waals surface area contributed by atoms with Crippen LogP contribution in [0.4, 0.5) is 0 Å². The molecule has 0 fully saturated rings.